The third-order valence-corrected chi connectivity index (χ3v) is 3.99. The molecule has 0 saturated carbocycles. The minimum absolute atomic E-state index is 0.0416. The molecule has 25 heavy (non-hydrogen) atoms. The molecule has 2 N–H and O–H groups in total. The van der Waals surface area contributed by atoms with Gasteiger partial charge in [-0.2, -0.15) is 0 Å². The molecule has 3 amide bonds. The Morgan fingerprint density at radius 3 is 2.72 bits per heavy atom. The van der Waals surface area contributed by atoms with Crippen molar-refractivity contribution in [1.82, 2.24) is 10.2 Å². The summed E-state index contributed by atoms with van der Waals surface area (Å²) in [5.74, 6) is -1.53. The van der Waals surface area contributed by atoms with E-state index in [1.807, 2.05) is 13.8 Å². The number of hydrogen-bond donors (Lipinski definition) is 2. The van der Waals surface area contributed by atoms with Crippen LogP contribution in [0.1, 0.15) is 25.8 Å². The van der Waals surface area contributed by atoms with Gasteiger partial charge in [0.2, 0.25) is 17.7 Å². The van der Waals surface area contributed by atoms with Crippen LogP contribution in [0, 0.1) is 24.6 Å². The van der Waals surface area contributed by atoms with Crippen molar-refractivity contribution in [1.29, 1.82) is 0 Å². The van der Waals surface area contributed by atoms with Crippen LogP contribution < -0.4 is 10.6 Å². The summed E-state index contributed by atoms with van der Waals surface area (Å²) in [5.41, 5.74) is 0.824. The molecule has 7 heteroatoms. The van der Waals surface area contributed by atoms with Gasteiger partial charge in [-0.1, -0.05) is 19.9 Å². The number of benzene rings is 1. The molecule has 0 radical (unpaired) electrons. The predicted molar refractivity (Wildman–Crippen MR) is 92.3 cm³/mol. The van der Waals surface area contributed by atoms with E-state index < -0.39 is 17.6 Å². The van der Waals surface area contributed by atoms with Gasteiger partial charge in [-0.05, 0) is 30.5 Å². The van der Waals surface area contributed by atoms with Crippen LogP contribution in [-0.2, 0) is 14.4 Å². The second kappa shape index (κ2) is 8.09. The van der Waals surface area contributed by atoms with Crippen molar-refractivity contribution in [2.75, 3.05) is 25.0 Å². The maximum absolute atomic E-state index is 13.7. The third-order valence-electron chi connectivity index (χ3n) is 3.99. The van der Waals surface area contributed by atoms with Gasteiger partial charge in [0.1, 0.15) is 5.82 Å². The van der Waals surface area contributed by atoms with Crippen LogP contribution in [0.2, 0.25) is 0 Å². The topological polar surface area (TPSA) is 78.5 Å². The summed E-state index contributed by atoms with van der Waals surface area (Å²) < 4.78 is 13.7. The quantitative estimate of drug-likeness (QED) is 0.820. The first kappa shape index (κ1) is 18.9. The maximum Gasteiger partial charge on any atom is 0.243 e. The fourth-order valence-electron chi connectivity index (χ4n) is 2.79. The first-order valence-corrected chi connectivity index (χ1v) is 8.37. The zero-order valence-electron chi connectivity index (χ0n) is 14.8. The fraction of sp³-hybridized carbons (Fsp3) is 0.500. The van der Waals surface area contributed by atoms with E-state index in [1.165, 1.54) is 12.1 Å². The SMILES string of the molecule is Cc1ccc(NC(=O)CNC(=O)[C@@H]2CC(=O)N(CC(C)C)C2)c(F)c1. The predicted octanol–water partition coefficient (Wildman–Crippen LogP) is 1.69. The van der Waals surface area contributed by atoms with Crippen LogP contribution in [0.25, 0.3) is 0 Å². The molecule has 1 atom stereocenters. The maximum atomic E-state index is 13.7. The Labute approximate surface area is 146 Å². The van der Waals surface area contributed by atoms with Gasteiger partial charge in [-0.15, -0.1) is 0 Å². The normalized spacial score (nSPS) is 17.1. The Bertz CT molecular complexity index is 676. The van der Waals surface area contributed by atoms with Gasteiger partial charge in [-0.25, -0.2) is 4.39 Å². The van der Waals surface area contributed by atoms with Crippen LogP contribution in [0.4, 0.5) is 10.1 Å². The highest BCUT2D eigenvalue weighted by Gasteiger charge is 2.34. The fourth-order valence-corrected chi connectivity index (χ4v) is 2.79. The first-order chi connectivity index (χ1) is 11.8. The minimum Gasteiger partial charge on any atom is -0.347 e. The van der Waals surface area contributed by atoms with E-state index in [9.17, 15) is 18.8 Å². The number of aryl methyl sites for hydroxylation is 1. The lowest BCUT2D eigenvalue weighted by Crippen LogP contribution is -2.38. The molecule has 1 aliphatic rings. The number of rotatable bonds is 6. The van der Waals surface area contributed by atoms with Crippen molar-refractivity contribution in [3.8, 4) is 0 Å². The number of likely N-dealkylation sites (tertiary alicyclic amines) is 1. The number of halogens is 1. The number of carbonyl (C=O) groups excluding carboxylic acids is 3. The molecule has 136 valence electrons. The molecule has 6 nitrogen and oxygen atoms in total. The Morgan fingerprint density at radius 1 is 1.36 bits per heavy atom. The van der Waals surface area contributed by atoms with E-state index in [1.54, 1.807) is 17.9 Å². The summed E-state index contributed by atoms with van der Waals surface area (Å²) in [7, 11) is 0. The molecule has 0 aromatic heterocycles. The molecule has 1 aliphatic heterocycles. The van der Waals surface area contributed by atoms with Gasteiger partial charge in [0.05, 0.1) is 18.2 Å². The number of hydrogen-bond acceptors (Lipinski definition) is 3. The number of anilines is 1. The van der Waals surface area contributed by atoms with E-state index in [0.29, 0.717) is 19.0 Å². The van der Waals surface area contributed by atoms with Gasteiger partial charge in [-0.3, -0.25) is 14.4 Å². The monoisotopic (exact) mass is 349 g/mol. The Morgan fingerprint density at radius 2 is 2.08 bits per heavy atom. The van der Waals surface area contributed by atoms with Crippen LogP contribution in [0.3, 0.4) is 0 Å². The van der Waals surface area contributed by atoms with Crippen molar-refractivity contribution in [3.63, 3.8) is 0 Å². The molecule has 1 fully saturated rings. The molecule has 0 unspecified atom stereocenters. The van der Waals surface area contributed by atoms with Crippen molar-refractivity contribution < 1.29 is 18.8 Å². The van der Waals surface area contributed by atoms with E-state index in [-0.39, 0.29) is 30.5 Å². The molecular formula is C18H24FN3O3. The zero-order valence-corrected chi connectivity index (χ0v) is 14.8. The molecule has 0 aliphatic carbocycles. The van der Waals surface area contributed by atoms with E-state index in [4.69, 9.17) is 0 Å². The second-order valence-electron chi connectivity index (χ2n) is 6.84. The molecule has 0 bridgehead atoms. The summed E-state index contributed by atoms with van der Waals surface area (Å²) in [5, 5.41) is 4.94. The first-order valence-electron chi connectivity index (χ1n) is 8.37. The second-order valence-corrected chi connectivity index (χ2v) is 6.84. The van der Waals surface area contributed by atoms with Gasteiger partial charge in [0, 0.05) is 19.5 Å². The van der Waals surface area contributed by atoms with Crippen LogP contribution in [0.5, 0.6) is 0 Å². The van der Waals surface area contributed by atoms with Crippen LogP contribution >= 0.6 is 0 Å². The Kier molecular flexibility index (Phi) is 6.12. The van der Waals surface area contributed by atoms with Crippen LogP contribution in [0.15, 0.2) is 18.2 Å². The van der Waals surface area contributed by atoms with Crippen LogP contribution in [-0.4, -0.2) is 42.3 Å². The van der Waals surface area contributed by atoms with Crippen molar-refractivity contribution >= 4 is 23.4 Å². The molecule has 1 heterocycles. The van der Waals surface area contributed by atoms with Gasteiger partial charge in [0.25, 0.3) is 0 Å². The average Bonchev–Trinajstić information content (AvgIpc) is 2.88. The highest BCUT2D eigenvalue weighted by atomic mass is 19.1. The Balaban J connectivity index is 1.81. The van der Waals surface area contributed by atoms with Crippen molar-refractivity contribution in [2.45, 2.75) is 27.2 Å². The van der Waals surface area contributed by atoms with E-state index in [0.717, 1.165) is 5.56 Å². The third kappa shape index (κ3) is 5.27. The molecule has 1 saturated heterocycles. The summed E-state index contributed by atoms with van der Waals surface area (Å²) in [6.45, 7) is 6.50. The van der Waals surface area contributed by atoms with Gasteiger partial charge in [0.15, 0.2) is 0 Å². The minimum atomic E-state index is -0.523. The standard InChI is InChI=1S/C18H24FN3O3/c1-11(2)9-22-10-13(7-17(22)24)18(25)20-8-16(23)21-15-5-4-12(3)6-14(15)19/h4-6,11,13H,7-10H2,1-3H3,(H,20,25)(H,21,23)/t13-/m1/s1. The molecule has 1 aromatic rings. The number of nitrogens with zero attached hydrogens (tertiary/aromatic N) is 1. The highest BCUT2D eigenvalue weighted by molar-refractivity contribution is 5.96. The largest absolute Gasteiger partial charge is 0.347 e. The Hall–Kier alpha value is -2.44. The lowest BCUT2D eigenvalue weighted by Gasteiger charge is -2.18. The summed E-state index contributed by atoms with van der Waals surface area (Å²) >= 11 is 0. The molecule has 0 spiro atoms. The smallest absolute Gasteiger partial charge is 0.243 e. The van der Waals surface area contributed by atoms with Crippen molar-refractivity contribution in [2.24, 2.45) is 11.8 Å². The number of carbonyl (C=O) groups is 3. The summed E-state index contributed by atoms with van der Waals surface area (Å²) in [6, 6.07) is 4.48. The highest BCUT2D eigenvalue weighted by Crippen LogP contribution is 2.19. The van der Waals surface area contributed by atoms with E-state index >= 15 is 0 Å². The zero-order chi connectivity index (χ0) is 18.6. The van der Waals surface area contributed by atoms with E-state index in [2.05, 4.69) is 10.6 Å². The lowest BCUT2D eigenvalue weighted by molar-refractivity contribution is -0.129. The van der Waals surface area contributed by atoms with Gasteiger partial charge < -0.3 is 15.5 Å². The average molecular weight is 349 g/mol. The van der Waals surface area contributed by atoms with Gasteiger partial charge >= 0.3 is 0 Å². The number of amides is 3. The summed E-state index contributed by atoms with van der Waals surface area (Å²) in [4.78, 5) is 37.6. The molecule has 1 aromatic carbocycles. The summed E-state index contributed by atoms with van der Waals surface area (Å²) in [6.07, 6.45) is 0.159. The lowest BCUT2D eigenvalue weighted by atomic mass is 10.1. The van der Waals surface area contributed by atoms with Crippen molar-refractivity contribution in [3.05, 3.63) is 29.6 Å². The number of nitrogens with one attached hydrogen (secondary N) is 2. The molecule has 2 rings (SSSR count). The molecular weight excluding hydrogens is 325 g/mol.